The zero-order valence-corrected chi connectivity index (χ0v) is 11.6. The van der Waals surface area contributed by atoms with Gasteiger partial charge in [0.15, 0.2) is 5.76 Å². The molecule has 0 radical (unpaired) electrons. The van der Waals surface area contributed by atoms with E-state index in [1.54, 1.807) is 28.9 Å². The minimum absolute atomic E-state index is 0.0831. The fourth-order valence-corrected chi connectivity index (χ4v) is 1.89. The second kappa shape index (κ2) is 5.26. The Morgan fingerprint density at radius 3 is 2.84 bits per heavy atom. The summed E-state index contributed by atoms with van der Waals surface area (Å²) in [6.07, 6.45) is 1.64. The summed E-state index contributed by atoms with van der Waals surface area (Å²) in [5, 5.41) is 7.97. The Morgan fingerprint density at radius 2 is 2.26 bits per heavy atom. The van der Waals surface area contributed by atoms with Crippen molar-refractivity contribution in [1.29, 1.82) is 0 Å². The number of amides is 1. The van der Waals surface area contributed by atoms with Crippen LogP contribution < -0.4 is 0 Å². The quantitative estimate of drug-likeness (QED) is 0.845. The van der Waals surface area contributed by atoms with Crippen molar-refractivity contribution in [3.05, 3.63) is 35.5 Å². The van der Waals surface area contributed by atoms with Crippen molar-refractivity contribution in [2.75, 3.05) is 7.05 Å². The number of aromatic nitrogens is 3. The molecule has 6 nitrogen and oxygen atoms in total. The van der Waals surface area contributed by atoms with Crippen LogP contribution in [0.1, 0.15) is 41.8 Å². The molecule has 0 N–H and O–H groups in total. The maximum absolute atomic E-state index is 12.3. The van der Waals surface area contributed by atoms with E-state index in [4.69, 9.17) is 4.52 Å². The van der Waals surface area contributed by atoms with Gasteiger partial charge in [0.05, 0.1) is 12.2 Å². The molecule has 0 aliphatic carbocycles. The molecule has 0 aliphatic heterocycles. The molecule has 0 aliphatic rings. The molecule has 2 aromatic heterocycles. The predicted octanol–water partition coefficient (Wildman–Crippen LogP) is 2.03. The molecule has 0 fully saturated rings. The van der Waals surface area contributed by atoms with E-state index in [0.717, 1.165) is 5.69 Å². The van der Waals surface area contributed by atoms with Crippen LogP contribution in [0.15, 0.2) is 22.9 Å². The standard InChI is InChI=1S/C13H18N4O2/c1-9(2)17-12(5-6-14-17)13(18)16(4)8-11-7-10(3)15-19-11/h5-7,9H,8H2,1-4H3. The van der Waals surface area contributed by atoms with Gasteiger partial charge in [-0.05, 0) is 26.8 Å². The molecular formula is C13H18N4O2. The Hall–Kier alpha value is -2.11. The molecular weight excluding hydrogens is 244 g/mol. The molecule has 0 saturated heterocycles. The number of carbonyl (C=O) groups is 1. The third-order valence-corrected chi connectivity index (χ3v) is 2.80. The predicted molar refractivity (Wildman–Crippen MR) is 69.6 cm³/mol. The lowest BCUT2D eigenvalue weighted by Gasteiger charge is -2.17. The number of nitrogens with zero attached hydrogens (tertiary/aromatic N) is 4. The molecule has 0 spiro atoms. The number of aryl methyl sites for hydroxylation is 1. The highest BCUT2D eigenvalue weighted by Gasteiger charge is 2.19. The van der Waals surface area contributed by atoms with E-state index in [1.807, 2.05) is 26.8 Å². The van der Waals surface area contributed by atoms with Gasteiger partial charge in [0.1, 0.15) is 5.69 Å². The Kier molecular flexibility index (Phi) is 3.69. The zero-order chi connectivity index (χ0) is 14.0. The zero-order valence-electron chi connectivity index (χ0n) is 11.6. The Labute approximate surface area is 112 Å². The molecule has 2 rings (SSSR count). The van der Waals surface area contributed by atoms with Gasteiger partial charge in [-0.3, -0.25) is 9.48 Å². The highest BCUT2D eigenvalue weighted by Crippen LogP contribution is 2.12. The monoisotopic (exact) mass is 262 g/mol. The second-order valence-corrected chi connectivity index (χ2v) is 4.85. The lowest BCUT2D eigenvalue weighted by atomic mass is 10.3. The third kappa shape index (κ3) is 2.83. The topological polar surface area (TPSA) is 64.2 Å². The summed E-state index contributed by atoms with van der Waals surface area (Å²) in [7, 11) is 1.73. The van der Waals surface area contributed by atoms with Gasteiger partial charge in [-0.2, -0.15) is 5.10 Å². The smallest absolute Gasteiger partial charge is 0.272 e. The summed E-state index contributed by atoms with van der Waals surface area (Å²) in [5.74, 6) is 0.587. The highest BCUT2D eigenvalue weighted by molar-refractivity contribution is 5.92. The van der Waals surface area contributed by atoms with Crippen molar-refractivity contribution in [3.63, 3.8) is 0 Å². The molecule has 6 heteroatoms. The Morgan fingerprint density at radius 1 is 1.53 bits per heavy atom. The average Bonchev–Trinajstić information content (AvgIpc) is 2.97. The fraction of sp³-hybridized carbons (Fsp3) is 0.462. The van der Waals surface area contributed by atoms with Crippen molar-refractivity contribution in [3.8, 4) is 0 Å². The van der Waals surface area contributed by atoms with E-state index in [-0.39, 0.29) is 11.9 Å². The summed E-state index contributed by atoms with van der Waals surface area (Å²) in [6, 6.07) is 3.70. The maximum Gasteiger partial charge on any atom is 0.272 e. The van der Waals surface area contributed by atoms with Crippen LogP contribution in [0.5, 0.6) is 0 Å². The van der Waals surface area contributed by atoms with Crippen molar-refractivity contribution < 1.29 is 9.32 Å². The Balaban J connectivity index is 2.12. The van der Waals surface area contributed by atoms with E-state index >= 15 is 0 Å². The van der Waals surface area contributed by atoms with Crippen LogP contribution in [0.4, 0.5) is 0 Å². The molecule has 1 amide bonds. The maximum atomic E-state index is 12.3. The van der Waals surface area contributed by atoms with Gasteiger partial charge < -0.3 is 9.42 Å². The number of rotatable bonds is 4. The average molecular weight is 262 g/mol. The van der Waals surface area contributed by atoms with Crippen LogP contribution >= 0.6 is 0 Å². The molecule has 0 saturated carbocycles. The summed E-state index contributed by atoms with van der Waals surface area (Å²) in [4.78, 5) is 13.9. The van der Waals surface area contributed by atoms with Crippen molar-refractivity contribution in [2.45, 2.75) is 33.4 Å². The first-order valence-electron chi connectivity index (χ1n) is 6.20. The third-order valence-electron chi connectivity index (χ3n) is 2.80. The SMILES string of the molecule is Cc1cc(CN(C)C(=O)c2ccnn2C(C)C)on1. The normalized spacial score (nSPS) is 11.0. The van der Waals surface area contributed by atoms with Gasteiger partial charge in [-0.25, -0.2) is 0 Å². The van der Waals surface area contributed by atoms with Crippen LogP contribution in [-0.4, -0.2) is 32.8 Å². The van der Waals surface area contributed by atoms with E-state index in [9.17, 15) is 4.79 Å². The first kappa shape index (κ1) is 13.3. The van der Waals surface area contributed by atoms with Crippen molar-refractivity contribution in [2.24, 2.45) is 0 Å². The first-order valence-corrected chi connectivity index (χ1v) is 6.20. The number of hydrogen-bond acceptors (Lipinski definition) is 4. The molecule has 2 heterocycles. The van der Waals surface area contributed by atoms with E-state index < -0.39 is 0 Å². The summed E-state index contributed by atoms with van der Waals surface area (Å²) in [5.41, 5.74) is 1.39. The van der Waals surface area contributed by atoms with Gasteiger partial charge >= 0.3 is 0 Å². The lowest BCUT2D eigenvalue weighted by Crippen LogP contribution is -2.28. The summed E-state index contributed by atoms with van der Waals surface area (Å²) < 4.78 is 6.83. The van der Waals surface area contributed by atoms with E-state index in [0.29, 0.717) is 18.0 Å². The second-order valence-electron chi connectivity index (χ2n) is 4.85. The largest absolute Gasteiger partial charge is 0.359 e. The van der Waals surface area contributed by atoms with Crippen LogP contribution in [-0.2, 0) is 6.54 Å². The molecule has 0 bridgehead atoms. The Bertz CT molecular complexity index is 571. The molecule has 2 aromatic rings. The van der Waals surface area contributed by atoms with Gasteiger partial charge in [0, 0.05) is 25.4 Å². The van der Waals surface area contributed by atoms with Crippen molar-refractivity contribution in [1.82, 2.24) is 19.8 Å². The molecule has 0 unspecified atom stereocenters. The number of carbonyl (C=O) groups excluding carboxylic acids is 1. The summed E-state index contributed by atoms with van der Waals surface area (Å²) >= 11 is 0. The minimum atomic E-state index is -0.0831. The molecule has 0 atom stereocenters. The van der Waals surface area contributed by atoms with Crippen LogP contribution in [0.25, 0.3) is 0 Å². The number of hydrogen-bond donors (Lipinski definition) is 0. The van der Waals surface area contributed by atoms with Crippen LogP contribution in [0.2, 0.25) is 0 Å². The molecule has 102 valence electrons. The van der Waals surface area contributed by atoms with E-state index in [2.05, 4.69) is 10.3 Å². The van der Waals surface area contributed by atoms with Crippen LogP contribution in [0.3, 0.4) is 0 Å². The van der Waals surface area contributed by atoms with Crippen molar-refractivity contribution >= 4 is 5.91 Å². The van der Waals surface area contributed by atoms with Gasteiger partial charge in [0.25, 0.3) is 5.91 Å². The van der Waals surface area contributed by atoms with E-state index in [1.165, 1.54) is 0 Å². The van der Waals surface area contributed by atoms with Gasteiger partial charge in [-0.1, -0.05) is 5.16 Å². The van der Waals surface area contributed by atoms with Crippen LogP contribution in [0, 0.1) is 6.92 Å². The van der Waals surface area contributed by atoms with Gasteiger partial charge in [0.2, 0.25) is 0 Å². The lowest BCUT2D eigenvalue weighted by molar-refractivity contribution is 0.0757. The molecule has 0 aromatic carbocycles. The first-order chi connectivity index (χ1) is 8.99. The molecule has 19 heavy (non-hydrogen) atoms. The fourth-order valence-electron chi connectivity index (χ4n) is 1.89. The highest BCUT2D eigenvalue weighted by atomic mass is 16.5. The van der Waals surface area contributed by atoms with Gasteiger partial charge in [-0.15, -0.1) is 0 Å². The summed E-state index contributed by atoms with van der Waals surface area (Å²) in [6.45, 7) is 6.22. The minimum Gasteiger partial charge on any atom is -0.359 e.